The molecule has 1 amide bonds. The molecular formula is C21H23N3O4. The van der Waals surface area contributed by atoms with Gasteiger partial charge in [-0.25, -0.2) is 0 Å². The van der Waals surface area contributed by atoms with Gasteiger partial charge in [-0.1, -0.05) is 30.3 Å². The zero-order valence-electron chi connectivity index (χ0n) is 15.8. The van der Waals surface area contributed by atoms with E-state index in [0.717, 1.165) is 5.56 Å². The van der Waals surface area contributed by atoms with Gasteiger partial charge in [-0.2, -0.15) is 5.10 Å². The lowest BCUT2D eigenvalue weighted by atomic mass is 10.1. The minimum Gasteiger partial charge on any atom is -0.497 e. The fourth-order valence-corrected chi connectivity index (χ4v) is 2.91. The number of hydrogen-bond acceptors (Lipinski definition) is 5. The van der Waals surface area contributed by atoms with Gasteiger partial charge in [-0.05, 0) is 36.2 Å². The molecule has 3 aromatic rings. The molecule has 0 saturated heterocycles. The number of ether oxygens (including phenoxy) is 2. The van der Waals surface area contributed by atoms with E-state index in [4.69, 9.17) is 9.47 Å². The van der Waals surface area contributed by atoms with E-state index in [1.54, 1.807) is 38.5 Å². The fraction of sp³-hybridized carbons (Fsp3) is 0.238. The van der Waals surface area contributed by atoms with Crippen LogP contribution in [0.4, 0.5) is 0 Å². The van der Waals surface area contributed by atoms with Gasteiger partial charge < -0.3 is 19.9 Å². The van der Waals surface area contributed by atoms with Gasteiger partial charge >= 0.3 is 0 Å². The number of amides is 1. The Kier molecular flexibility index (Phi) is 6.29. The topological polar surface area (TPSA) is 96.5 Å². The molecule has 3 rings (SSSR count). The van der Waals surface area contributed by atoms with Crippen molar-refractivity contribution in [3.05, 3.63) is 65.9 Å². The van der Waals surface area contributed by atoms with Crippen molar-refractivity contribution >= 4 is 5.91 Å². The average Bonchev–Trinajstić information content (AvgIpc) is 3.23. The molecule has 7 nitrogen and oxygen atoms in total. The van der Waals surface area contributed by atoms with Crippen molar-refractivity contribution < 1.29 is 19.4 Å². The molecule has 0 spiro atoms. The first-order valence-electron chi connectivity index (χ1n) is 8.88. The number of rotatable bonds is 8. The molecular weight excluding hydrogens is 358 g/mol. The van der Waals surface area contributed by atoms with Crippen molar-refractivity contribution in [1.82, 2.24) is 15.5 Å². The van der Waals surface area contributed by atoms with Gasteiger partial charge in [-0.15, -0.1) is 0 Å². The number of carbonyl (C=O) groups is 1. The van der Waals surface area contributed by atoms with Crippen LogP contribution in [-0.4, -0.2) is 48.1 Å². The second-order valence-corrected chi connectivity index (χ2v) is 6.28. The normalized spacial score (nSPS) is 11.7. The lowest BCUT2D eigenvalue weighted by Gasteiger charge is -2.15. The fourth-order valence-electron chi connectivity index (χ4n) is 2.91. The molecule has 146 valence electrons. The van der Waals surface area contributed by atoms with Crippen LogP contribution < -0.4 is 14.8 Å². The highest BCUT2D eigenvalue weighted by molar-refractivity contribution is 5.93. The first-order chi connectivity index (χ1) is 13.6. The number of aliphatic hydroxyl groups excluding tert-OH is 1. The van der Waals surface area contributed by atoms with E-state index >= 15 is 0 Å². The second kappa shape index (κ2) is 9.05. The van der Waals surface area contributed by atoms with E-state index < -0.39 is 6.04 Å². The number of carbonyl (C=O) groups excluding carboxylic acids is 1. The number of aromatic nitrogens is 2. The highest BCUT2D eigenvalue weighted by atomic mass is 16.5. The largest absolute Gasteiger partial charge is 0.497 e. The highest BCUT2D eigenvalue weighted by Crippen LogP contribution is 2.32. The Morgan fingerprint density at radius 3 is 2.61 bits per heavy atom. The van der Waals surface area contributed by atoms with Crippen LogP contribution in [0.15, 0.2) is 54.6 Å². The van der Waals surface area contributed by atoms with Crippen LogP contribution in [0, 0.1) is 0 Å². The molecule has 7 heteroatoms. The lowest BCUT2D eigenvalue weighted by molar-refractivity contribution is 0.0911. The molecule has 0 saturated carbocycles. The Hall–Kier alpha value is -3.32. The maximum absolute atomic E-state index is 12.6. The Morgan fingerprint density at radius 1 is 1.14 bits per heavy atom. The summed E-state index contributed by atoms with van der Waals surface area (Å²) in [6.45, 7) is -0.161. The quantitative estimate of drug-likeness (QED) is 0.557. The SMILES string of the molecule is COc1ccc(OC)c(-c2cc(C(=O)NC(CO)Cc3ccccc3)[nH]n2)c1. The van der Waals surface area contributed by atoms with Gasteiger partial charge in [0.2, 0.25) is 0 Å². The van der Waals surface area contributed by atoms with Gasteiger partial charge in [0, 0.05) is 5.56 Å². The summed E-state index contributed by atoms with van der Waals surface area (Å²) < 4.78 is 10.6. The standard InChI is InChI=1S/C21H23N3O4/c1-27-16-8-9-20(28-2)17(11-16)18-12-19(24-23-18)21(26)22-15(13-25)10-14-6-4-3-5-7-14/h3-9,11-12,15,25H,10,13H2,1-2H3,(H,22,26)(H,23,24). The molecule has 1 heterocycles. The minimum atomic E-state index is -0.395. The molecule has 0 aliphatic carbocycles. The highest BCUT2D eigenvalue weighted by Gasteiger charge is 2.18. The Morgan fingerprint density at radius 2 is 1.93 bits per heavy atom. The van der Waals surface area contributed by atoms with E-state index in [-0.39, 0.29) is 12.5 Å². The molecule has 3 N–H and O–H groups in total. The molecule has 0 bridgehead atoms. The summed E-state index contributed by atoms with van der Waals surface area (Å²) in [5.74, 6) is 0.945. The predicted molar refractivity (Wildman–Crippen MR) is 106 cm³/mol. The third-order valence-electron chi connectivity index (χ3n) is 4.39. The zero-order valence-corrected chi connectivity index (χ0v) is 15.8. The van der Waals surface area contributed by atoms with Crippen LogP contribution in [0.2, 0.25) is 0 Å². The molecule has 0 aliphatic rings. The van der Waals surface area contributed by atoms with Gasteiger partial charge in [0.1, 0.15) is 17.2 Å². The van der Waals surface area contributed by atoms with E-state index in [1.807, 2.05) is 30.3 Å². The molecule has 1 aromatic heterocycles. The van der Waals surface area contributed by atoms with Crippen molar-refractivity contribution in [2.75, 3.05) is 20.8 Å². The number of benzene rings is 2. The third-order valence-corrected chi connectivity index (χ3v) is 4.39. The minimum absolute atomic E-state index is 0.161. The smallest absolute Gasteiger partial charge is 0.269 e. The van der Waals surface area contributed by atoms with E-state index in [0.29, 0.717) is 34.9 Å². The summed E-state index contributed by atoms with van der Waals surface area (Å²) in [4.78, 5) is 12.6. The van der Waals surface area contributed by atoms with Gasteiger partial charge in [0.05, 0.1) is 32.6 Å². The van der Waals surface area contributed by atoms with Crippen LogP contribution >= 0.6 is 0 Å². The lowest BCUT2D eigenvalue weighted by Crippen LogP contribution is -2.39. The molecule has 28 heavy (non-hydrogen) atoms. The summed E-state index contributed by atoms with van der Waals surface area (Å²) >= 11 is 0. The van der Waals surface area contributed by atoms with Crippen LogP contribution in [0.5, 0.6) is 11.5 Å². The summed E-state index contributed by atoms with van der Waals surface area (Å²) in [6, 6.07) is 16.3. The second-order valence-electron chi connectivity index (χ2n) is 6.28. The van der Waals surface area contributed by atoms with Crippen LogP contribution in [0.25, 0.3) is 11.3 Å². The van der Waals surface area contributed by atoms with Crippen molar-refractivity contribution in [2.24, 2.45) is 0 Å². The molecule has 0 fully saturated rings. The summed E-state index contributed by atoms with van der Waals surface area (Å²) in [7, 11) is 3.15. The predicted octanol–water partition coefficient (Wildman–Crippen LogP) is 2.43. The number of hydrogen-bond donors (Lipinski definition) is 3. The van der Waals surface area contributed by atoms with Crippen LogP contribution in [-0.2, 0) is 6.42 Å². The van der Waals surface area contributed by atoms with Crippen molar-refractivity contribution in [3.63, 3.8) is 0 Å². The van der Waals surface area contributed by atoms with Crippen molar-refractivity contribution in [3.8, 4) is 22.8 Å². The summed E-state index contributed by atoms with van der Waals surface area (Å²) in [6.07, 6.45) is 0.535. The van der Waals surface area contributed by atoms with E-state index in [2.05, 4.69) is 15.5 Å². The van der Waals surface area contributed by atoms with Crippen LogP contribution in [0.1, 0.15) is 16.1 Å². The number of aliphatic hydroxyl groups is 1. The average molecular weight is 381 g/mol. The van der Waals surface area contributed by atoms with Crippen molar-refractivity contribution in [1.29, 1.82) is 0 Å². The molecule has 1 atom stereocenters. The van der Waals surface area contributed by atoms with E-state index in [1.165, 1.54) is 0 Å². The number of nitrogens with one attached hydrogen (secondary N) is 2. The Balaban J connectivity index is 1.75. The van der Waals surface area contributed by atoms with Crippen LogP contribution in [0.3, 0.4) is 0 Å². The maximum Gasteiger partial charge on any atom is 0.269 e. The summed E-state index contributed by atoms with van der Waals surface area (Å²) in [5, 5.41) is 19.4. The van der Waals surface area contributed by atoms with Gasteiger partial charge in [0.25, 0.3) is 5.91 Å². The van der Waals surface area contributed by atoms with Gasteiger partial charge in [-0.3, -0.25) is 9.89 Å². The molecule has 0 radical (unpaired) electrons. The van der Waals surface area contributed by atoms with E-state index in [9.17, 15) is 9.90 Å². The zero-order chi connectivity index (χ0) is 19.9. The first kappa shape index (κ1) is 19.4. The Bertz CT molecular complexity index is 924. The molecule has 2 aromatic carbocycles. The Labute approximate surface area is 163 Å². The summed E-state index contributed by atoms with van der Waals surface area (Å²) in [5.41, 5.74) is 2.60. The molecule has 1 unspecified atom stereocenters. The van der Waals surface area contributed by atoms with Gasteiger partial charge in [0.15, 0.2) is 0 Å². The number of aromatic amines is 1. The monoisotopic (exact) mass is 381 g/mol. The maximum atomic E-state index is 12.6. The number of H-pyrrole nitrogens is 1. The molecule has 0 aliphatic heterocycles. The number of methoxy groups -OCH3 is 2. The first-order valence-corrected chi connectivity index (χ1v) is 8.88. The third kappa shape index (κ3) is 4.50. The van der Waals surface area contributed by atoms with Crippen molar-refractivity contribution in [2.45, 2.75) is 12.5 Å². The number of nitrogens with zero attached hydrogens (tertiary/aromatic N) is 1.